The first-order chi connectivity index (χ1) is 10.2. The summed E-state index contributed by atoms with van der Waals surface area (Å²) < 4.78 is 14.5. The SMILES string of the molecule is O=C(Cn1nnc2ccccc2c1=O)c1ccccc1F. The van der Waals surface area contributed by atoms with Crippen LogP contribution in [0.1, 0.15) is 10.4 Å². The Morgan fingerprint density at radius 3 is 2.62 bits per heavy atom. The van der Waals surface area contributed by atoms with Crippen LogP contribution in [0.15, 0.2) is 53.3 Å². The van der Waals surface area contributed by atoms with Gasteiger partial charge in [0.15, 0.2) is 5.78 Å². The molecule has 3 rings (SSSR count). The van der Waals surface area contributed by atoms with Crippen molar-refractivity contribution in [3.8, 4) is 0 Å². The third-order valence-electron chi connectivity index (χ3n) is 3.10. The molecule has 0 fully saturated rings. The van der Waals surface area contributed by atoms with Crippen LogP contribution in [0, 0.1) is 5.82 Å². The van der Waals surface area contributed by atoms with Gasteiger partial charge in [-0.25, -0.2) is 9.07 Å². The van der Waals surface area contributed by atoms with Gasteiger partial charge in [-0.05, 0) is 24.3 Å². The number of nitrogens with zero attached hydrogens (tertiary/aromatic N) is 3. The van der Waals surface area contributed by atoms with Gasteiger partial charge in [0, 0.05) is 0 Å². The topological polar surface area (TPSA) is 64.8 Å². The number of hydrogen-bond donors (Lipinski definition) is 0. The zero-order chi connectivity index (χ0) is 14.8. The predicted octanol–water partition coefficient (Wildman–Crippen LogP) is 1.81. The van der Waals surface area contributed by atoms with E-state index in [-0.39, 0.29) is 12.1 Å². The van der Waals surface area contributed by atoms with Crippen molar-refractivity contribution in [1.82, 2.24) is 15.0 Å². The largest absolute Gasteiger partial charge is 0.292 e. The quantitative estimate of drug-likeness (QED) is 0.688. The van der Waals surface area contributed by atoms with Crippen LogP contribution in [0.2, 0.25) is 0 Å². The van der Waals surface area contributed by atoms with E-state index in [1.54, 1.807) is 30.3 Å². The van der Waals surface area contributed by atoms with E-state index in [2.05, 4.69) is 10.3 Å². The van der Waals surface area contributed by atoms with Crippen LogP contribution in [-0.4, -0.2) is 20.8 Å². The smallest absolute Gasteiger partial charge is 0.278 e. The number of ketones is 1. The molecule has 2 aromatic carbocycles. The van der Waals surface area contributed by atoms with Crippen molar-refractivity contribution in [3.05, 3.63) is 70.3 Å². The second-order valence-corrected chi connectivity index (χ2v) is 4.47. The molecule has 0 unspecified atom stereocenters. The van der Waals surface area contributed by atoms with Crippen molar-refractivity contribution < 1.29 is 9.18 Å². The molecule has 1 aromatic heterocycles. The lowest BCUT2D eigenvalue weighted by atomic mass is 10.1. The first kappa shape index (κ1) is 13.1. The number of rotatable bonds is 3. The van der Waals surface area contributed by atoms with Gasteiger partial charge in [0.05, 0.1) is 10.9 Å². The van der Waals surface area contributed by atoms with Gasteiger partial charge in [0.1, 0.15) is 17.9 Å². The molecule has 0 saturated carbocycles. The van der Waals surface area contributed by atoms with Crippen molar-refractivity contribution in [1.29, 1.82) is 0 Å². The third-order valence-corrected chi connectivity index (χ3v) is 3.10. The standard InChI is InChI=1S/C15H10FN3O2/c16-12-7-3-1-5-10(12)14(20)9-19-15(21)11-6-2-4-8-13(11)17-18-19/h1-8H,9H2. The summed E-state index contributed by atoms with van der Waals surface area (Å²) in [5.41, 5.74) is -0.0401. The molecule has 21 heavy (non-hydrogen) atoms. The first-order valence-electron chi connectivity index (χ1n) is 6.27. The Hall–Kier alpha value is -2.89. The van der Waals surface area contributed by atoms with Crippen molar-refractivity contribution >= 4 is 16.7 Å². The highest BCUT2D eigenvalue weighted by Crippen LogP contribution is 2.08. The van der Waals surface area contributed by atoms with Gasteiger partial charge in [0.25, 0.3) is 5.56 Å². The maximum absolute atomic E-state index is 13.6. The van der Waals surface area contributed by atoms with E-state index in [1.165, 1.54) is 18.2 Å². The van der Waals surface area contributed by atoms with Crippen LogP contribution < -0.4 is 5.56 Å². The second kappa shape index (κ2) is 5.24. The van der Waals surface area contributed by atoms with Gasteiger partial charge in [-0.1, -0.05) is 29.5 Å². The highest BCUT2D eigenvalue weighted by atomic mass is 19.1. The monoisotopic (exact) mass is 283 g/mol. The van der Waals surface area contributed by atoms with Gasteiger partial charge >= 0.3 is 0 Å². The molecule has 0 aliphatic carbocycles. The summed E-state index contributed by atoms with van der Waals surface area (Å²) >= 11 is 0. The fraction of sp³-hybridized carbons (Fsp3) is 0.0667. The first-order valence-corrected chi connectivity index (χ1v) is 6.27. The Morgan fingerprint density at radius 2 is 1.81 bits per heavy atom. The highest BCUT2D eigenvalue weighted by molar-refractivity contribution is 5.96. The molecule has 104 valence electrons. The summed E-state index contributed by atoms with van der Waals surface area (Å²) in [4.78, 5) is 24.3. The van der Waals surface area contributed by atoms with E-state index in [1.807, 2.05) is 0 Å². The molecule has 0 aliphatic rings. The van der Waals surface area contributed by atoms with Gasteiger partial charge < -0.3 is 0 Å². The Labute approximate surface area is 118 Å². The van der Waals surface area contributed by atoms with Crippen molar-refractivity contribution in [2.75, 3.05) is 0 Å². The van der Waals surface area contributed by atoms with E-state index >= 15 is 0 Å². The Morgan fingerprint density at radius 1 is 1.10 bits per heavy atom. The van der Waals surface area contributed by atoms with E-state index in [0.29, 0.717) is 10.9 Å². The van der Waals surface area contributed by atoms with Crippen LogP contribution in [0.4, 0.5) is 4.39 Å². The minimum atomic E-state index is -0.621. The number of benzene rings is 2. The van der Waals surface area contributed by atoms with E-state index in [4.69, 9.17) is 0 Å². The van der Waals surface area contributed by atoms with E-state index in [9.17, 15) is 14.0 Å². The number of Topliss-reactive ketones (excluding diaryl/α,β-unsaturated/α-hetero) is 1. The lowest BCUT2D eigenvalue weighted by Gasteiger charge is -2.05. The van der Waals surface area contributed by atoms with Crippen LogP contribution in [0.5, 0.6) is 0 Å². The molecule has 0 radical (unpaired) electrons. The summed E-state index contributed by atoms with van der Waals surface area (Å²) in [7, 11) is 0. The van der Waals surface area contributed by atoms with E-state index in [0.717, 1.165) is 4.68 Å². The number of carbonyl (C=O) groups is 1. The predicted molar refractivity (Wildman–Crippen MR) is 74.5 cm³/mol. The molecule has 1 heterocycles. The second-order valence-electron chi connectivity index (χ2n) is 4.47. The van der Waals surface area contributed by atoms with Crippen LogP contribution in [0.25, 0.3) is 10.9 Å². The highest BCUT2D eigenvalue weighted by Gasteiger charge is 2.14. The molecule has 5 nitrogen and oxygen atoms in total. The lowest BCUT2D eigenvalue weighted by Crippen LogP contribution is -2.28. The molecule has 0 atom stereocenters. The summed E-state index contributed by atoms with van der Waals surface area (Å²) in [5.74, 6) is -1.15. The van der Waals surface area contributed by atoms with E-state index < -0.39 is 17.2 Å². The van der Waals surface area contributed by atoms with Crippen LogP contribution >= 0.6 is 0 Å². The molecular formula is C15H10FN3O2. The normalized spacial score (nSPS) is 10.7. The zero-order valence-electron chi connectivity index (χ0n) is 10.9. The Kier molecular flexibility index (Phi) is 3.27. The van der Waals surface area contributed by atoms with Crippen LogP contribution in [0.3, 0.4) is 0 Å². The summed E-state index contributed by atoms with van der Waals surface area (Å²) in [6.07, 6.45) is 0. The van der Waals surface area contributed by atoms with Crippen molar-refractivity contribution in [2.45, 2.75) is 6.54 Å². The minimum Gasteiger partial charge on any atom is -0.292 e. The fourth-order valence-corrected chi connectivity index (χ4v) is 2.04. The third kappa shape index (κ3) is 2.43. The van der Waals surface area contributed by atoms with Gasteiger partial charge in [-0.3, -0.25) is 9.59 Å². The summed E-state index contributed by atoms with van der Waals surface area (Å²) in [6, 6.07) is 12.3. The molecule has 3 aromatic rings. The average Bonchev–Trinajstić information content (AvgIpc) is 2.51. The average molecular weight is 283 g/mol. The number of halogens is 1. The van der Waals surface area contributed by atoms with Gasteiger partial charge in [-0.2, -0.15) is 0 Å². The Bertz CT molecular complexity index is 889. The molecule has 6 heteroatoms. The number of hydrogen-bond acceptors (Lipinski definition) is 4. The summed E-state index contributed by atoms with van der Waals surface area (Å²) in [5, 5.41) is 7.96. The molecule has 0 N–H and O–H groups in total. The molecule has 0 amide bonds. The zero-order valence-corrected chi connectivity index (χ0v) is 10.9. The molecule has 0 saturated heterocycles. The Balaban J connectivity index is 1.99. The molecule has 0 aliphatic heterocycles. The van der Waals surface area contributed by atoms with Gasteiger partial charge in [-0.15, -0.1) is 5.10 Å². The van der Waals surface area contributed by atoms with Gasteiger partial charge in [0.2, 0.25) is 0 Å². The number of aromatic nitrogens is 3. The molecule has 0 bridgehead atoms. The number of fused-ring (bicyclic) bond motifs is 1. The fourth-order valence-electron chi connectivity index (χ4n) is 2.04. The van der Waals surface area contributed by atoms with Crippen LogP contribution in [-0.2, 0) is 6.54 Å². The number of carbonyl (C=O) groups excluding carboxylic acids is 1. The minimum absolute atomic E-state index is 0.0700. The van der Waals surface area contributed by atoms with Crippen molar-refractivity contribution in [2.24, 2.45) is 0 Å². The molecular weight excluding hydrogens is 273 g/mol. The maximum Gasteiger partial charge on any atom is 0.278 e. The maximum atomic E-state index is 13.6. The summed E-state index contributed by atoms with van der Waals surface area (Å²) in [6.45, 7) is -0.350. The van der Waals surface area contributed by atoms with Crippen molar-refractivity contribution in [3.63, 3.8) is 0 Å². The molecule has 0 spiro atoms. The lowest BCUT2D eigenvalue weighted by molar-refractivity contribution is 0.0960.